The summed E-state index contributed by atoms with van der Waals surface area (Å²) in [7, 11) is 0. The number of aromatic carboxylic acids is 1. The number of hydrogen-bond donors (Lipinski definition) is 1. The molecule has 0 radical (unpaired) electrons. The molecule has 0 unspecified atom stereocenters. The van der Waals surface area contributed by atoms with Crippen molar-refractivity contribution in [1.29, 1.82) is 0 Å². The summed E-state index contributed by atoms with van der Waals surface area (Å²) >= 11 is 1.14. The Kier molecular flexibility index (Phi) is 3.99. The number of hydrogen-bond acceptors (Lipinski definition) is 5. The first-order chi connectivity index (χ1) is 9.47. The molecule has 2 rings (SSSR count). The van der Waals surface area contributed by atoms with Gasteiger partial charge in [-0.1, -0.05) is 17.8 Å². The molecule has 1 heterocycles. The monoisotopic (exact) mass is 290 g/mol. The minimum absolute atomic E-state index is 0.00529. The van der Waals surface area contributed by atoms with Crippen LogP contribution in [-0.4, -0.2) is 21.0 Å². The maximum absolute atomic E-state index is 11.0. The van der Waals surface area contributed by atoms with Crippen LogP contribution in [0.25, 0.3) is 0 Å². The molecule has 0 saturated carbocycles. The Morgan fingerprint density at radius 2 is 2.10 bits per heavy atom. The van der Waals surface area contributed by atoms with Crippen LogP contribution < -0.4 is 0 Å². The van der Waals surface area contributed by atoms with E-state index < -0.39 is 10.9 Å². The molecule has 1 aromatic carbocycles. The van der Waals surface area contributed by atoms with Crippen molar-refractivity contribution in [1.82, 2.24) is 4.98 Å². The summed E-state index contributed by atoms with van der Waals surface area (Å²) in [5.74, 6) is -1.13. The Hall–Kier alpha value is -2.41. The topological polar surface area (TPSA) is 93.3 Å². The molecule has 0 atom stereocenters. The highest BCUT2D eigenvalue weighted by Crippen LogP contribution is 2.35. The SMILES string of the molecule is Cc1ccc([N+](=O)[O-])c(Sc2ccnc(C(=O)O)c2)c1. The van der Waals surface area contributed by atoms with Crippen LogP contribution in [0, 0.1) is 17.0 Å². The average Bonchev–Trinajstić information content (AvgIpc) is 2.38. The van der Waals surface area contributed by atoms with Gasteiger partial charge >= 0.3 is 5.97 Å². The predicted molar refractivity (Wildman–Crippen MR) is 73.2 cm³/mol. The van der Waals surface area contributed by atoms with Crippen molar-refractivity contribution in [3.05, 3.63) is 57.9 Å². The highest BCUT2D eigenvalue weighted by Gasteiger charge is 2.15. The molecule has 0 amide bonds. The van der Waals surface area contributed by atoms with Gasteiger partial charge in [0.25, 0.3) is 5.69 Å². The van der Waals surface area contributed by atoms with Crippen molar-refractivity contribution in [2.75, 3.05) is 0 Å². The zero-order chi connectivity index (χ0) is 14.7. The molecule has 0 fully saturated rings. The molecular formula is C13H10N2O4S. The fraction of sp³-hybridized carbons (Fsp3) is 0.0769. The van der Waals surface area contributed by atoms with Crippen LogP contribution in [0.2, 0.25) is 0 Å². The van der Waals surface area contributed by atoms with Gasteiger partial charge < -0.3 is 5.11 Å². The van der Waals surface area contributed by atoms with Crippen LogP contribution in [0.1, 0.15) is 16.1 Å². The fourth-order valence-corrected chi connectivity index (χ4v) is 2.62. The van der Waals surface area contributed by atoms with Gasteiger partial charge in [0, 0.05) is 17.2 Å². The molecule has 0 bridgehead atoms. The number of carbonyl (C=O) groups is 1. The predicted octanol–water partition coefficient (Wildman–Crippen LogP) is 3.15. The highest BCUT2D eigenvalue weighted by atomic mass is 32.2. The first-order valence-corrected chi connectivity index (χ1v) is 6.41. The number of aromatic nitrogens is 1. The standard InChI is InChI=1S/C13H10N2O4S/c1-8-2-3-11(15(18)19)12(6-8)20-9-4-5-14-10(7-9)13(16)17/h2-7H,1H3,(H,16,17). The molecule has 0 spiro atoms. The van der Waals surface area contributed by atoms with E-state index in [-0.39, 0.29) is 11.4 Å². The second-order valence-electron chi connectivity index (χ2n) is 4.01. The lowest BCUT2D eigenvalue weighted by molar-refractivity contribution is -0.387. The minimum Gasteiger partial charge on any atom is -0.477 e. The van der Waals surface area contributed by atoms with Gasteiger partial charge in [0.05, 0.1) is 9.82 Å². The fourth-order valence-electron chi connectivity index (χ4n) is 1.57. The molecule has 20 heavy (non-hydrogen) atoms. The summed E-state index contributed by atoms with van der Waals surface area (Å²) in [4.78, 5) is 26.1. The lowest BCUT2D eigenvalue weighted by Crippen LogP contribution is -1.99. The number of pyridine rings is 1. The number of nitro benzene ring substituents is 1. The molecule has 0 aliphatic carbocycles. The number of carboxylic acids is 1. The van der Waals surface area contributed by atoms with Crippen LogP contribution >= 0.6 is 11.8 Å². The minimum atomic E-state index is -1.13. The highest BCUT2D eigenvalue weighted by molar-refractivity contribution is 7.99. The van der Waals surface area contributed by atoms with Crippen molar-refractivity contribution in [2.24, 2.45) is 0 Å². The number of aryl methyl sites for hydroxylation is 1. The van der Waals surface area contributed by atoms with Crippen molar-refractivity contribution < 1.29 is 14.8 Å². The van der Waals surface area contributed by atoms with E-state index in [4.69, 9.17) is 5.11 Å². The zero-order valence-electron chi connectivity index (χ0n) is 10.4. The third-order valence-corrected chi connectivity index (χ3v) is 3.53. The van der Waals surface area contributed by atoms with Gasteiger partial charge in [-0.15, -0.1) is 0 Å². The van der Waals surface area contributed by atoms with E-state index in [0.29, 0.717) is 9.79 Å². The van der Waals surface area contributed by atoms with E-state index in [1.54, 1.807) is 18.2 Å². The smallest absolute Gasteiger partial charge is 0.354 e. The quantitative estimate of drug-likeness (QED) is 0.686. The lowest BCUT2D eigenvalue weighted by Gasteiger charge is -2.04. The Morgan fingerprint density at radius 3 is 2.75 bits per heavy atom. The summed E-state index contributed by atoms with van der Waals surface area (Å²) in [6, 6.07) is 7.81. The first kappa shape index (κ1) is 14.0. The van der Waals surface area contributed by atoms with Gasteiger partial charge in [0.2, 0.25) is 0 Å². The van der Waals surface area contributed by atoms with Crippen LogP contribution in [0.3, 0.4) is 0 Å². The maximum Gasteiger partial charge on any atom is 0.354 e. The molecule has 0 aliphatic heterocycles. The molecule has 102 valence electrons. The normalized spacial score (nSPS) is 10.2. The third-order valence-electron chi connectivity index (χ3n) is 2.49. The van der Waals surface area contributed by atoms with Gasteiger partial charge in [-0.05, 0) is 30.7 Å². The molecule has 0 aliphatic rings. The molecule has 1 N–H and O–H groups in total. The van der Waals surface area contributed by atoms with Gasteiger partial charge in [0.1, 0.15) is 5.69 Å². The van der Waals surface area contributed by atoms with Crippen molar-refractivity contribution in [3.8, 4) is 0 Å². The van der Waals surface area contributed by atoms with E-state index in [9.17, 15) is 14.9 Å². The van der Waals surface area contributed by atoms with E-state index in [2.05, 4.69) is 4.98 Å². The maximum atomic E-state index is 11.0. The molecule has 7 heteroatoms. The summed E-state index contributed by atoms with van der Waals surface area (Å²) in [6.07, 6.45) is 1.37. The average molecular weight is 290 g/mol. The van der Waals surface area contributed by atoms with Crippen molar-refractivity contribution in [3.63, 3.8) is 0 Å². The van der Waals surface area contributed by atoms with E-state index in [0.717, 1.165) is 17.3 Å². The third kappa shape index (κ3) is 3.12. The number of nitrogens with zero attached hydrogens (tertiary/aromatic N) is 2. The Labute approximate surface area is 118 Å². The molecule has 6 nitrogen and oxygen atoms in total. The number of carboxylic acid groups (broad SMARTS) is 1. The number of rotatable bonds is 4. The molecule has 2 aromatic rings. The van der Waals surface area contributed by atoms with Crippen molar-refractivity contribution >= 4 is 23.4 Å². The van der Waals surface area contributed by atoms with Crippen molar-refractivity contribution in [2.45, 2.75) is 16.7 Å². The van der Waals surface area contributed by atoms with Crippen LogP contribution in [0.4, 0.5) is 5.69 Å². The Bertz CT molecular complexity index is 688. The zero-order valence-corrected chi connectivity index (χ0v) is 11.3. The van der Waals surface area contributed by atoms with E-state index in [1.165, 1.54) is 18.3 Å². The number of nitro groups is 1. The summed E-state index contributed by atoms with van der Waals surface area (Å²) in [5, 5.41) is 19.9. The molecular weight excluding hydrogens is 280 g/mol. The van der Waals surface area contributed by atoms with E-state index >= 15 is 0 Å². The van der Waals surface area contributed by atoms with Gasteiger partial charge in [-0.3, -0.25) is 10.1 Å². The Balaban J connectivity index is 2.39. The second-order valence-corrected chi connectivity index (χ2v) is 5.13. The summed E-state index contributed by atoms with van der Waals surface area (Å²) in [5.41, 5.74) is 0.796. The van der Waals surface area contributed by atoms with Crippen LogP contribution in [-0.2, 0) is 0 Å². The van der Waals surface area contributed by atoms with Crippen LogP contribution in [0.5, 0.6) is 0 Å². The lowest BCUT2D eigenvalue weighted by atomic mass is 10.2. The van der Waals surface area contributed by atoms with Crippen LogP contribution in [0.15, 0.2) is 46.3 Å². The van der Waals surface area contributed by atoms with Gasteiger partial charge in [-0.2, -0.15) is 0 Å². The van der Waals surface area contributed by atoms with Gasteiger partial charge in [0.15, 0.2) is 0 Å². The molecule has 0 saturated heterocycles. The van der Waals surface area contributed by atoms with Gasteiger partial charge in [-0.25, -0.2) is 9.78 Å². The largest absolute Gasteiger partial charge is 0.477 e. The van der Waals surface area contributed by atoms with E-state index in [1.807, 2.05) is 6.92 Å². The molecule has 1 aromatic heterocycles. The Morgan fingerprint density at radius 1 is 1.35 bits per heavy atom. The first-order valence-electron chi connectivity index (χ1n) is 5.59. The second kappa shape index (κ2) is 5.70. The number of benzene rings is 1. The summed E-state index contributed by atoms with van der Waals surface area (Å²) < 4.78 is 0. The summed E-state index contributed by atoms with van der Waals surface area (Å²) in [6.45, 7) is 1.84.